The largest absolute Gasteiger partial charge is 0.311 e. The van der Waals surface area contributed by atoms with Gasteiger partial charge >= 0.3 is 0 Å². The Hall–Kier alpha value is -0.340. The van der Waals surface area contributed by atoms with Crippen molar-refractivity contribution in [3.8, 4) is 0 Å². The molecule has 0 radical (unpaired) electrons. The normalized spacial score (nSPS) is 28.9. The van der Waals surface area contributed by atoms with E-state index in [1.165, 1.54) is 18.5 Å². The van der Waals surface area contributed by atoms with Crippen molar-refractivity contribution >= 4 is 0 Å². The van der Waals surface area contributed by atoms with Gasteiger partial charge in [0, 0.05) is 31.7 Å². The molecule has 2 heteroatoms. The van der Waals surface area contributed by atoms with Crippen molar-refractivity contribution in [2.75, 3.05) is 19.6 Å². The molecule has 1 rings (SSSR count). The molecule has 82 valence electrons. The van der Waals surface area contributed by atoms with Gasteiger partial charge in [0.05, 0.1) is 0 Å². The molecule has 2 nitrogen and oxygen atoms in total. The second kappa shape index (κ2) is 5.52. The van der Waals surface area contributed by atoms with E-state index >= 15 is 0 Å². The van der Waals surface area contributed by atoms with Crippen LogP contribution in [-0.4, -0.2) is 36.6 Å². The van der Waals surface area contributed by atoms with Crippen LogP contribution in [0.15, 0.2) is 11.6 Å². The Labute approximate surface area is 88.4 Å². The van der Waals surface area contributed by atoms with Crippen molar-refractivity contribution in [1.29, 1.82) is 0 Å². The van der Waals surface area contributed by atoms with Crippen molar-refractivity contribution in [2.45, 2.75) is 46.2 Å². The Bertz CT molecular complexity index is 194. The molecule has 1 N–H and O–H groups in total. The van der Waals surface area contributed by atoms with Crippen molar-refractivity contribution in [3.05, 3.63) is 11.6 Å². The highest BCUT2D eigenvalue weighted by Crippen LogP contribution is 2.09. The van der Waals surface area contributed by atoms with Gasteiger partial charge in [0.15, 0.2) is 0 Å². The molecule has 1 aliphatic heterocycles. The highest BCUT2D eigenvalue weighted by atomic mass is 15.2. The lowest BCUT2D eigenvalue weighted by molar-refractivity contribution is 0.154. The van der Waals surface area contributed by atoms with Crippen LogP contribution in [0, 0.1) is 0 Å². The van der Waals surface area contributed by atoms with E-state index in [2.05, 4.69) is 44.0 Å². The molecule has 0 saturated carbocycles. The second-order valence-corrected chi connectivity index (χ2v) is 4.60. The average Bonchev–Trinajstić information content (AvgIpc) is 2.16. The zero-order valence-electron chi connectivity index (χ0n) is 10.0. The minimum Gasteiger partial charge on any atom is -0.311 e. The van der Waals surface area contributed by atoms with Crippen LogP contribution in [0.2, 0.25) is 0 Å². The van der Waals surface area contributed by atoms with Crippen LogP contribution in [0.1, 0.15) is 34.1 Å². The highest BCUT2D eigenvalue weighted by molar-refractivity contribution is 4.97. The summed E-state index contributed by atoms with van der Waals surface area (Å²) in [5.41, 5.74) is 1.42. The fraction of sp³-hybridized carbons (Fsp3) is 0.833. The number of hydrogen-bond acceptors (Lipinski definition) is 2. The van der Waals surface area contributed by atoms with Crippen LogP contribution in [0.5, 0.6) is 0 Å². The molecule has 0 aromatic heterocycles. The Morgan fingerprint density at radius 3 is 2.79 bits per heavy atom. The highest BCUT2D eigenvalue weighted by Gasteiger charge is 2.22. The third kappa shape index (κ3) is 3.43. The molecule has 0 amide bonds. The van der Waals surface area contributed by atoms with Crippen LogP contribution in [0.3, 0.4) is 0 Å². The molecule has 2 atom stereocenters. The van der Waals surface area contributed by atoms with Gasteiger partial charge in [0.25, 0.3) is 0 Å². The lowest BCUT2D eigenvalue weighted by Gasteiger charge is -2.38. The SMILES string of the molecule is CCC1CN(CC=C(C)C)C(C)CN1. The summed E-state index contributed by atoms with van der Waals surface area (Å²) in [4.78, 5) is 2.57. The predicted molar refractivity (Wildman–Crippen MR) is 62.5 cm³/mol. The van der Waals surface area contributed by atoms with E-state index in [-0.39, 0.29) is 0 Å². The summed E-state index contributed by atoms with van der Waals surface area (Å²) in [6.45, 7) is 12.3. The average molecular weight is 196 g/mol. The number of rotatable bonds is 3. The van der Waals surface area contributed by atoms with Gasteiger partial charge in [-0.2, -0.15) is 0 Å². The molecule has 0 bridgehead atoms. The maximum Gasteiger partial charge on any atom is 0.0196 e. The molecule has 0 spiro atoms. The summed E-state index contributed by atoms with van der Waals surface area (Å²) >= 11 is 0. The molecular weight excluding hydrogens is 172 g/mol. The molecule has 0 aromatic rings. The molecule has 2 unspecified atom stereocenters. The number of hydrogen-bond donors (Lipinski definition) is 1. The zero-order chi connectivity index (χ0) is 10.6. The maximum absolute atomic E-state index is 3.57. The first-order valence-electron chi connectivity index (χ1n) is 5.74. The zero-order valence-corrected chi connectivity index (χ0v) is 10.0. The fourth-order valence-corrected chi connectivity index (χ4v) is 1.82. The van der Waals surface area contributed by atoms with Crippen LogP contribution in [0.25, 0.3) is 0 Å². The van der Waals surface area contributed by atoms with E-state index in [9.17, 15) is 0 Å². The Morgan fingerprint density at radius 1 is 1.50 bits per heavy atom. The van der Waals surface area contributed by atoms with Crippen molar-refractivity contribution in [3.63, 3.8) is 0 Å². The molecule has 1 fully saturated rings. The summed E-state index contributed by atoms with van der Waals surface area (Å²) in [7, 11) is 0. The van der Waals surface area contributed by atoms with E-state index in [1.807, 2.05) is 0 Å². The van der Waals surface area contributed by atoms with Gasteiger partial charge in [-0.1, -0.05) is 18.6 Å². The van der Waals surface area contributed by atoms with Gasteiger partial charge in [0.1, 0.15) is 0 Å². The quantitative estimate of drug-likeness (QED) is 0.695. The van der Waals surface area contributed by atoms with E-state index in [0.717, 1.165) is 13.1 Å². The lowest BCUT2D eigenvalue weighted by Crippen LogP contribution is -2.55. The molecule has 1 aliphatic rings. The molecule has 0 aliphatic carbocycles. The van der Waals surface area contributed by atoms with Crippen LogP contribution < -0.4 is 5.32 Å². The summed E-state index contributed by atoms with van der Waals surface area (Å²) in [6.07, 6.45) is 3.56. The molecule has 14 heavy (non-hydrogen) atoms. The second-order valence-electron chi connectivity index (χ2n) is 4.60. The standard InChI is InChI=1S/C12H24N2/c1-5-12-9-14(7-6-10(2)3)11(4)8-13-12/h6,11-13H,5,7-9H2,1-4H3. The number of nitrogens with zero attached hydrogens (tertiary/aromatic N) is 1. The Balaban J connectivity index is 2.44. The summed E-state index contributed by atoms with van der Waals surface area (Å²) in [5.74, 6) is 0. The van der Waals surface area contributed by atoms with E-state index in [1.54, 1.807) is 0 Å². The van der Waals surface area contributed by atoms with E-state index in [4.69, 9.17) is 0 Å². The first-order valence-corrected chi connectivity index (χ1v) is 5.74. The Kier molecular flexibility index (Phi) is 4.63. The fourth-order valence-electron chi connectivity index (χ4n) is 1.82. The number of nitrogens with one attached hydrogen (secondary N) is 1. The van der Waals surface area contributed by atoms with Crippen molar-refractivity contribution in [1.82, 2.24) is 10.2 Å². The number of piperazine rings is 1. The Morgan fingerprint density at radius 2 is 2.21 bits per heavy atom. The third-order valence-corrected chi connectivity index (χ3v) is 3.01. The smallest absolute Gasteiger partial charge is 0.0196 e. The maximum atomic E-state index is 3.57. The predicted octanol–water partition coefficient (Wildman–Crippen LogP) is 2.02. The van der Waals surface area contributed by atoms with Gasteiger partial charge in [-0.25, -0.2) is 0 Å². The van der Waals surface area contributed by atoms with E-state index < -0.39 is 0 Å². The van der Waals surface area contributed by atoms with E-state index in [0.29, 0.717) is 12.1 Å². The summed E-state index contributed by atoms with van der Waals surface area (Å²) < 4.78 is 0. The van der Waals surface area contributed by atoms with Crippen LogP contribution in [-0.2, 0) is 0 Å². The molecule has 1 heterocycles. The van der Waals surface area contributed by atoms with Crippen molar-refractivity contribution < 1.29 is 0 Å². The third-order valence-electron chi connectivity index (χ3n) is 3.01. The molecule has 1 saturated heterocycles. The molecule has 0 aromatic carbocycles. The monoisotopic (exact) mass is 196 g/mol. The topological polar surface area (TPSA) is 15.3 Å². The lowest BCUT2D eigenvalue weighted by atomic mass is 10.1. The number of allylic oxidation sites excluding steroid dienone is 1. The first-order chi connectivity index (χ1) is 6.63. The first kappa shape index (κ1) is 11.7. The van der Waals surface area contributed by atoms with Gasteiger partial charge in [-0.05, 0) is 27.2 Å². The minimum absolute atomic E-state index is 0.674. The molecular formula is C12H24N2. The van der Waals surface area contributed by atoms with Crippen LogP contribution in [0.4, 0.5) is 0 Å². The van der Waals surface area contributed by atoms with Gasteiger partial charge in [-0.3, -0.25) is 4.90 Å². The van der Waals surface area contributed by atoms with Gasteiger partial charge < -0.3 is 5.32 Å². The summed E-state index contributed by atoms with van der Waals surface area (Å²) in [6, 6.07) is 1.37. The van der Waals surface area contributed by atoms with Crippen LogP contribution >= 0.6 is 0 Å². The minimum atomic E-state index is 0.674. The van der Waals surface area contributed by atoms with Crippen molar-refractivity contribution in [2.24, 2.45) is 0 Å². The van der Waals surface area contributed by atoms with Gasteiger partial charge in [0.2, 0.25) is 0 Å². The van der Waals surface area contributed by atoms with Gasteiger partial charge in [-0.15, -0.1) is 0 Å². The summed E-state index contributed by atoms with van der Waals surface area (Å²) in [5, 5.41) is 3.57.